The van der Waals surface area contributed by atoms with Gasteiger partial charge in [-0.05, 0) is 41.5 Å². The van der Waals surface area contributed by atoms with E-state index in [-0.39, 0.29) is 24.0 Å². The number of amides is 1. The van der Waals surface area contributed by atoms with Crippen molar-refractivity contribution < 1.29 is 9.53 Å². The minimum atomic E-state index is -0.102. The van der Waals surface area contributed by atoms with Gasteiger partial charge in [0.15, 0.2) is 6.61 Å². The maximum atomic E-state index is 12.2. The first-order valence-electron chi connectivity index (χ1n) is 7.38. The van der Waals surface area contributed by atoms with Crippen molar-refractivity contribution in [2.75, 3.05) is 6.61 Å². The van der Waals surface area contributed by atoms with Gasteiger partial charge in [0, 0.05) is 4.88 Å². The first-order chi connectivity index (χ1) is 10.4. The van der Waals surface area contributed by atoms with Gasteiger partial charge < -0.3 is 10.1 Å². The quantitative estimate of drug-likeness (QED) is 0.891. The van der Waals surface area contributed by atoms with E-state index >= 15 is 0 Å². The van der Waals surface area contributed by atoms with Crippen molar-refractivity contribution in [2.45, 2.75) is 33.7 Å². The number of nitrogens with one attached hydrogen (secondary N) is 1. The van der Waals surface area contributed by atoms with Crippen LogP contribution in [0.3, 0.4) is 0 Å². The van der Waals surface area contributed by atoms with Gasteiger partial charge in [0.05, 0.1) is 6.04 Å². The Kier molecular flexibility index (Phi) is 5.24. The Morgan fingerprint density at radius 1 is 1.27 bits per heavy atom. The molecule has 1 aromatic heterocycles. The summed E-state index contributed by atoms with van der Waals surface area (Å²) in [5, 5.41) is 5.12. The van der Waals surface area contributed by atoms with Crippen LogP contribution in [0.2, 0.25) is 0 Å². The Balaban J connectivity index is 1.97. The van der Waals surface area contributed by atoms with Gasteiger partial charge in [0.2, 0.25) is 0 Å². The molecule has 0 aliphatic rings. The molecule has 0 fully saturated rings. The summed E-state index contributed by atoms with van der Waals surface area (Å²) < 4.78 is 5.57. The summed E-state index contributed by atoms with van der Waals surface area (Å²) in [6.45, 7) is 8.40. The third-order valence-electron chi connectivity index (χ3n) is 3.36. The SMILES string of the molecule is Cc1cccc(OCC(=O)N[C@@H](c2cccs2)C(C)(C)C)c1. The molecule has 0 saturated heterocycles. The summed E-state index contributed by atoms with van der Waals surface area (Å²) in [7, 11) is 0. The van der Waals surface area contributed by atoms with E-state index in [0.717, 1.165) is 16.2 Å². The maximum absolute atomic E-state index is 12.2. The van der Waals surface area contributed by atoms with Gasteiger partial charge in [0.25, 0.3) is 5.91 Å². The number of carbonyl (C=O) groups is 1. The summed E-state index contributed by atoms with van der Waals surface area (Å²) in [6, 6.07) is 11.8. The number of rotatable bonds is 5. The number of benzene rings is 1. The fourth-order valence-corrected chi connectivity index (χ4v) is 3.25. The fourth-order valence-electron chi connectivity index (χ4n) is 2.23. The van der Waals surface area contributed by atoms with Gasteiger partial charge in [-0.25, -0.2) is 0 Å². The summed E-state index contributed by atoms with van der Waals surface area (Å²) in [6.07, 6.45) is 0. The molecular formula is C18H23NO2S. The van der Waals surface area contributed by atoms with E-state index in [1.807, 2.05) is 42.6 Å². The topological polar surface area (TPSA) is 38.3 Å². The highest BCUT2D eigenvalue weighted by atomic mass is 32.1. The molecule has 2 rings (SSSR count). The lowest BCUT2D eigenvalue weighted by Gasteiger charge is -2.30. The van der Waals surface area contributed by atoms with Crippen LogP contribution in [0.1, 0.15) is 37.3 Å². The molecule has 1 atom stereocenters. The summed E-state index contributed by atoms with van der Waals surface area (Å²) in [5.41, 5.74) is 1.06. The number of hydrogen-bond acceptors (Lipinski definition) is 3. The van der Waals surface area contributed by atoms with Crippen molar-refractivity contribution in [1.29, 1.82) is 0 Å². The second-order valence-electron chi connectivity index (χ2n) is 6.49. The summed E-state index contributed by atoms with van der Waals surface area (Å²) in [5.74, 6) is 0.619. The summed E-state index contributed by atoms with van der Waals surface area (Å²) in [4.78, 5) is 13.4. The molecule has 4 heteroatoms. The van der Waals surface area contributed by atoms with Crippen molar-refractivity contribution in [2.24, 2.45) is 5.41 Å². The molecule has 1 amide bonds. The van der Waals surface area contributed by atoms with Crippen molar-refractivity contribution in [1.82, 2.24) is 5.32 Å². The number of aryl methyl sites for hydroxylation is 1. The average molecular weight is 317 g/mol. The monoisotopic (exact) mass is 317 g/mol. The van der Waals surface area contributed by atoms with E-state index < -0.39 is 0 Å². The fraction of sp³-hybridized carbons (Fsp3) is 0.389. The van der Waals surface area contributed by atoms with Gasteiger partial charge in [-0.2, -0.15) is 0 Å². The lowest BCUT2D eigenvalue weighted by molar-refractivity contribution is -0.124. The second-order valence-corrected chi connectivity index (χ2v) is 7.47. The summed E-state index contributed by atoms with van der Waals surface area (Å²) >= 11 is 1.66. The normalized spacial score (nSPS) is 12.7. The van der Waals surface area contributed by atoms with Gasteiger partial charge in [-0.1, -0.05) is 39.0 Å². The molecular weight excluding hydrogens is 294 g/mol. The third kappa shape index (κ3) is 4.60. The van der Waals surface area contributed by atoms with Crippen LogP contribution in [-0.2, 0) is 4.79 Å². The van der Waals surface area contributed by atoms with Crippen molar-refractivity contribution in [3.63, 3.8) is 0 Å². The van der Waals surface area contributed by atoms with E-state index in [1.165, 1.54) is 0 Å². The number of thiophene rings is 1. The predicted molar refractivity (Wildman–Crippen MR) is 91.3 cm³/mol. The highest BCUT2D eigenvalue weighted by Crippen LogP contribution is 2.35. The molecule has 1 aromatic carbocycles. The number of hydrogen-bond donors (Lipinski definition) is 1. The lowest BCUT2D eigenvalue weighted by atomic mass is 9.86. The molecule has 0 saturated carbocycles. The minimum Gasteiger partial charge on any atom is -0.484 e. The van der Waals surface area contributed by atoms with Gasteiger partial charge >= 0.3 is 0 Å². The zero-order valence-corrected chi connectivity index (χ0v) is 14.4. The molecule has 1 heterocycles. The highest BCUT2D eigenvalue weighted by molar-refractivity contribution is 7.10. The number of carbonyl (C=O) groups excluding carboxylic acids is 1. The van der Waals surface area contributed by atoms with E-state index in [2.05, 4.69) is 32.2 Å². The van der Waals surface area contributed by atoms with E-state index in [0.29, 0.717) is 0 Å². The van der Waals surface area contributed by atoms with E-state index in [1.54, 1.807) is 11.3 Å². The molecule has 2 aromatic rings. The van der Waals surface area contributed by atoms with Gasteiger partial charge in [-0.15, -0.1) is 11.3 Å². The van der Waals surface area contributed by atoms with E-state index in [9.17, 15) is 4.79 Å². The first-order valence-corrected chi connectivity index (χ1v) is 8.26. The lowest BCUT2D eigenvalue weighted by Crippen LogP contribution is -2.38. The molecule has 118 valence electrons. The Bertz CT molecular complexity index is 614. The molecule has 0 aliphatic carbocycles. The maximum Gasteiger partial charge on any atom is 0.258 e. The zero-order chi connectivity index (χ0) is 16.2. The molecule has 0 spiro atoms. The predicted octanol–water partition coefficient (Wildman–Crippen LogP) is 4.34. The van der Waals surface area contributed by atoms with Crippen LogP contribution in [-0.4, -0.2) is 12.5 Å². The molecule has 0 aliphatic heterocycles. The van der Waals surface area contributed by atoms with Crippen LogP contribution in [0.5, 0.6) is 5.75 Å². The second kappa shape index (κ2) is 6.97. The smallest absolute Gasteiger partial charge is 0.258 e. The number of ether oxygens (including phenoxy) is 1. The van der Waals surface area contributed by atoms with Gasteiger partial charge in [-0.3, -0.25) is 4.79 Å². The molecule has 1 N–H and O–H groups in total. The average Bonchev–Trinajstić information content (AvgIpc) is 2.95. The van der Waals surface area contributed by atoms with Crippen LogP contribution in [0.4, 0.5) is 0 Å². The van der Waals surface area contributed by atoms with Crippen LogP contribution in [0, 0.1) is 12.3 Å². The largest absolute Gasteiger partial charge is 0.484 e. The van der Waals surface area contributed by atoms with E-state index in [4.69, 9.17) is 4.74 Å². The zero-order valence-electron chi connectivity index (χ0n) is 13.6. The van der Waals surface area contributed by atoms with Crippen LogP contribution >= 0.6 is 11.3 Å². The van der Waals surface area contributed by atoms with Gasteiger partial charge in [0.1, 0.15) is 5.75 Å². The highest BCUT2D eigenvalue weighted by Gasteiger charge is 2.28. The Morgan fingerprint density at radius 2 is 2.05 bits per heavy atom. The van der Waals surface area contributed by atoms with Crippen LogP contribution in [0.15, 0.2) is 41.8 Å². The van der Waals surface area contributed by atoms with Crippen LogP contribution < -0.4 is 10.1 Å². The molecule has 0 radical (unpaired) electrons. The Labute approximate surface area is 136 Å². The molecule has 0 bridgehead atoms. The van der Waals surface area contributed by atoms with Crippen molar-refractivity contribution in [3.8, 4) is 5.75 Å². The third-order valence-corrected chi connectivity index (χ3v) is 4.30. The van der Waals surface area contributed by atoms with Crippen molar-refractivity contribution >= 4 is 17.2 Å². The van der Waals surface area contributed by atoms with Crippen LogP contribution in [0.25, 0.3) is 0 Å². The molecule has 0 unspecified atom stereocenters. The molecule has 22 heavy (non-hydrogen) atoms. The first kappa shape index (κ1) is 16.6. The Morgan fingerprint density at radius 3 is 2.64 bits per heavy atom. The van der Waals surface area contributed by atoms with Crippen molar-refractivity contribution in [3.05, 3.63) is 52.2 Å². The molecule has 3 nitrogen and oxygen atoms in total. The minimum absolute atomic E-state index is 0.0129. The Hall–Kier alpha value is -1.81. The standard InChI is InChI=1S/C18H23NO2S/c1-13-7-5-8-14(11-13)21-12-16(20)19-17(18(2,3)4)15-9-6-10-22-15/h5-11,17H,12H2,1-4H3,(H,19,20)/t17-/m0/s1.